The zero-order valence-corrected chi connectivity index (χ0v) is 15.8. The minimum absolute atomic E-state index is 0.142. The van der Waals surface area contributed by atoms with Gasteiger partial charge < -0.3 is 9.80 Å². The number of fused-ring (bicyclic) bond motifs is 7. The van der Waals surface area contributed by atoms with Crippen molar-refractivity contribution in [3.05, 3.63) is 29.2 Å². The fraction of sp³-hybridized carbons (Fsp3) is 0.632. The molecule has 5 aliphatic rings. The van der Waals surface area contributed by atoms with Crippen molar-refractivity contribution in [2.75, 3.05) is 26.2 Å². The largest absolute Gasteiger partial charge is 0.419 e. The molecule has 1 saturated carbocycles. The van der Waals surface area contributed by atoms with Gasteiger partial charge in [0.1, 0.15) is 0 Å². The van der Waals surface area contributed by atoms with E-state index in [4.69, 9.17) is 0 Å². The number of rotatable bonds is 1. The maximum Gasteiger partial charge on any atom is 0.419 e. The number of carbonyl (C=O) groups excluding carboxylic acids is 1. The van der Waals surface area contributed by atoms with Gasteiger partial charge in [0.2, 0.25) is 0 Å². The summed E-state index contributed by atoms with van der Waals surface area (Å²) in [5.41, 5.74) is 0.950. The summed E-state index contributed by atoms with van der Waals surface area (Å²) in [7, 11) is 0. The van der Waals surface area contributed by atoms with Crippen LogP contribution in [0.25, 0.3) is 5.82 Å². The molecule has 2 aromatic rings. The summed E-state index contributed by atoms with van der Waals surface area (Å²) in [6, 6.07) is 0.0690. The lowest BCUT2D eigenvalue weighted by molar-refractivity contribution is -0.137. The normalized spacial score (nSPS) is 30.2. The third kappa shape index (κ3) is 2.64. The molecule has 0 radical (unpaired) electrons. The van der Waals surface area contributed by atoms with E-state index in [-0.39, 0.29) is 12.1 Å². The highest BCUT2D eigenvalue weighted by Gasteiger charge is 2.51. The highest BCUT2D eigenvalue weighted by molar-refractivity contribution is 5.79. The van der Waals surface area contributed by atoms with Crippen LogP contribution in [0.3, 0.4) is 0 Å². The molecule has 2 bridgehead atoms. The van der Waals surface area contributed by atoms with Gasteiger partial charge in [-0.25, -0.2) is 9.48 Å². The summed E-state index contributed by atoms with van der Waals surface area (Å²) >= 11 is 0. The molecule has 3 aliphatic heterocycles. The van der Waals surface area contributed by atoms with Gasteiger partial charge in [-0.2, -0.15) is 23.0 Å². The highest BCUT2D eigenvalue weighted by Crippen LogP contribution is 2.57. The van der Waals surface area contributed by atoms with Crippen LogP contribution in [0, 0.1) is 5.92 Å². The molecule has 2 atom stereocenters. The molecule has 1 amide bonds. The Morgan fingerprint density at radius 3 is 2.66 bits per heavy atom. The Balaban J connectivity index is 1.39. The molecule has 0 unspecified atom stereocenters. The molecule has 2 aliphatic carbocycles. The Hall–Kier alpha value is -2.36. The van der Waals surface area contributed by atoms with Gasteiger partial charge in [-0.15, -0.1) is 5.10 Å². The van der Waals surface area contributed by atoms with E-state index in [1.807, 2.05) is 4.90 Å². The Morgan fingerprint density at radius 1 is 1.14 bits per heavy atom. The number of piperidine rings is 1. The molecule has 0 spiro atoms. The third-order valence-electron chi connectivity index (χ3n) is 6.95. The van der Waals surface area contributed by atoms with Crippen molar-refractivity contribution in [2.45, 2.75) is 43.8 Å². The first-order valence-corrected chi connectivity index (χ1v) is 10.2. The number of aromatic nitrogens is 4. The summed E-state index contributed by atoms with van der Waals surface area (Å²) < 4.78 is 41.7. The summed E-state index contributed by atoms with van der Waals surface area (Å²) in [6.07, 6.45) is 1.01. The second-order valence-corrected chi connectivity index (χ2v) is 8.63. The zero-order chi connectivity index (χ0) is 19.9. The summed E-state index contributed by atoms with van der Waals surface area (Å²) in [4.78, 5) is 17.8. The maximum absolute atomic E-state index is 13.5. The van der Waals surface area contributed by atoms with Crippen LogP contribution < -0.4 is 0 Å². The average Bonchev–Trinajstić information content (AvgIpc) is 3.04. The van der Waals surface area contributed by atoms with Gasteiger partial charge in [0.15, 0.2) is 5.82 Å². The molecule has 7 nitrogen and oxygen atoms in total. The Labute approximate surface area is 165 Å². The van der Waals surface area contributed by atoms with Crippen molar-refractivity contribution < 1.29 is 18.0 Å². The average molecular weight is 406 g/mol. The molecule has 29 heavy (non-hydrogen) atoms. The van der Waals surface area contributed by atoms with Gasteiger partial charge in [0, 0.05) is 49.9 Å². The van der Waals surface area contributed by atoms with E-state index in [0.717, 1.165) is 69.0 Å². The van der Waals surface area contributed by atoms with Crippen LogP contribution in [0.15, 0.2) is 12.4 Å². The molecule has 4 fully saturated rings. The minimum atomic E-state index is -4.46. The lowest BCUT2D eigenvalue weighted by Gasteiger charge is -2.31. The third-order valence-corrected chi connectivity index (χ3v) is 6.95. The van der Waals surface area contributed by atoms with Gasteiger partial charge in [-0.05, 0) is 31.6 Å². The summed E-state index contributed by atoms with van der Waals surface area (Å²) in [6.45, 7) is 3.55. The number of nitrogens with zero attached hydrogens (tertiary/aromatic N) is 6. The number of amides is 1. The van der Waals surface area contributed by atoms with E-state index in [1.165, 1.54) is 9.36 Å². The molecule has 154 valence electrons. The molecule has 3 saturated heterocycles. The van der Waals surface area contributed by atoms with E-state index in [1.54, 1.807) is 0 Å². The van der Waals surface area contributed by atoms with Crippen LogP contribution >= 0.6 is 0 Å². The highest BCUT2D eigenvalue weighted by atomic mass is 19.4. The van der Waals surface area contributed by atoms with E-state index in [2.05, 4.69) is 15.1 Å². The molecule has 2 aromatic heterocycles. The number of halogens is 3. The molecule has 5 heterocycles. The van der Waals surface area contributed by atoms with Crippen LogP contribution in [0.1, 0.15) is 42.0 Å². The van der Waals surface area contributed by atoms with Crippen molar-refractivity contribution in [2.24, 2.45) is 5.92 Å². The lowest BCUT2D eigenvalue weighted by Crippen LogP contribution is -2.44. The second kappa shape index (κ2) is 5.84. The first kappa shape index (κ1) is 17.5. The predicted molar refractivity (Wildman–Crippen MR) is 95.9 cm³/mol. The van der Waals surface area contributed by atoms with Crippen LogP contribution in [-0.4, -0.2) is 67.6 Å². The quantitative estimate of drug-likeness (QED) is 0.730. The van der Waals surface area contributed by atoms with Gasteiger partial charge in [-0.3, -0.25) is 0 Å². The number of hydrogen-bond acceptors (Lipinski definition) is 4. The monoisotopic (exact) mass is 406 g/mol. The van der Waals surface area contributed by atoms with Crippen LogP contribution in [0.2, 0.25) is 0 Å². The second-order valence-electron chi connectivity index (χ2n) is 8.63. The Kier molecular flexibility index (Phi) is 3.52. The summed E-state index contributed by atoms with van der Waals surface area (Å²) in [5.74, 6) is 1.13. The van der Waals surface area contributed by atoms with E-state index < -0.39 is 11.7 Å². The molecule has 0 N–H and O–H groups in total. The maximum atomic E-state index is 13.5. The van der Waals surface area contributed by atoms with Crippen LogP contribution in [-0.2, 0) is 12.6 Å². The first-order valence-electron chi connectivity index (χ1n) is 10.2. The zero-order valence-electron chi connectivity index (χ0n) is 15.8. The standard InChI is InChI=1S/C19H21F3N6O/c20-19(21,22)12-9-23-27(10-12)17-15-8-11-7-14(11)16(15)28(24-17)18(29)26-6-5-25-3-1-13(26)2-4-25/h9-11,13-14H,1-8H2/t11-,14-/m0/s1. The number of carbonyl (C=O) groups is 1. The fourth-order valence-corrected chi connectivity index (χ4v) is 5.27. The SMILES string of the molecule is O=C(N1CCN2CCC1CC2)n1nc(-n2cc(C(F)(F)F)cn2)c2c1[C@H]1C[C@H]1C2. The van der Waals surface area contributed by atoms with Gasteiger partial charge in [0.25, 0.3) is 0 Å². The van der Waals surface area contributed by atoms with E-state index in [9.17, 15) is 18.0 Å². The fourth-order valence-electron chi connectivity index (χ4n) is 5.27. The number of hydrogen-bond donors (Lipinski definition) is 0. The summed E-state index contributed by atoms with van der Waals surface area (Å²) in [5, 5.41) is 8.41. The molecule has 10 heteroatoms. The predicted octanol–water partition coefficient (Wildman–Crippen LogP) is 2.50. The van der Waals surface area contributed by atoms with E-state index in [0.29, 0.717) is 24.2 Å². The molecule has 0 aromatic carbocycles. The van der Waals surface area contributed by atoms with Crippen LogP contribution in [0.5, 0.6) is 0 Å². The van der Waals surface area contributed by atoms with Crippen molar-refractivity contribution in [3.8, 4) is 5.82 Å². The van der Waals surface area contributed by atoms with Crippen molar-refractivity contribution >= 4 is 6.03 Å². The van der Waals surface area contributed by atoms with Gasteiger partial charge >= 0.3 is 12.2 Å². The van der Waals surface area contributed by atoms with Crippen LogP contribution in [0.4, 0.5) is 18.0 Å². The van der Waals surface area contributed by atoms with E-state index >= 15 is 0 Å². The smallest absolute Gasteiger partial charge is 0.318 e. The van der Waals surface area contributed by atoms with Crippen molar-refractivity contribution in [1.82, 2.24) is 29.4 Å². The van der Waals surface area contributed by atoms with Crippen molar-refractivity contribution in [3.63, 3.8) is 0 Å². The van der Waals surface area contributed by atoms with Crippen molar-refractivity contribution in [1.29, 1.82) is 0 Å². The van der Waals surface area contributed by atoms with Gasteiger partial charge in [0.05, 0.1) is 17.5 Å². The molecular formula is C19H21F3N6O. The Morgan fingerprint density at radius 2 is 1.93 bits per heavy atom. The molecular weight excluding hydrogens is 385 g/mol. The number of alkyl halides is 3. The minimum Gasteiger partial charge on any atom is -0.318 e. The van der Waals surface area contributed by atoms with Gasteiger partial charge in [-0.1, -0.05) is 0 Å². The topological polar surface area (TPSA) is 59.2 Å². The lowest BCUT2D eigenvalue weighted by atomic mass is 10.1. The molecule has 7 rings (SSSR count). The Bertz CT molecular complexity index is 987. The first-order chi connectivity index (χ1) is 13.9.